The molecule has 2 heterocycles. The Kier molecular flexibility index (Phi) is 7.85. The van der Waals surface area contributed by atoms with Crippen molar-refractivity contribution in [1.82, 2.24) is 10.2 Å². The molecule has 2 aliphatic heterocycles. The van der Waals surface area contributed by atoms with Crippen molar-refractivity contribution in [3.63, 3.8) is 0 Å². The fourth-order valence-corrected chi connectivity index (χ4v) is 2.46. The molecule has 2 saturated heterocycles. The number of imide groups is 1. The highest BCUT2D eigenvalue weighted by atomic mass is 16.4. The number of hydrogen-bond acceptors (Lipinski definition) is 3. The summed E-state index contributed by atoms with van der Waals surface area (Å²) < 4.78 is 0. The summed E-state index contributed by atoms with van der Waals surface area (Å²) in [7, 11) is 0. The molecule has 2 aliphatic rings. The van der Waals surface area contributed by atoms with Crippen LogP contribution in [0, 0.1) is 23.7 Å². The fourth-order valence-electron chi connectivity index (χ4n) is 2.46. The molecule has 5 heteroatoms. The van der Waals surface area contributed by atoms with Crippen molar-refractivity contribution in [3.05, 3.63) is 0 Å². The minimum absolute atomic E-state index is 0. The van der Waals surface area contributed by atoms with Crippen LogP contribution in [0.1, 0.15) is 35.5 Å². The van der Waals surface area contributed by atoms with Crippen molar-refractivity contribution in [3.8, 4) is 11.8 Å². The highest BCUT2D eigenvalue weighted by Crippen LogP contribution is 2.32. The number of rotatable bonds is 1. The first kappa shape index (κ1) is 17.5. The van der Waals surface area contributed by atoms with E-state index in [-0.39, 0.29) is 20.7 Å². The third kappa shape index (κ3) is 5.31. The molecule has 2 amide bonds. The summed E-state index contributed by atoms with van der Waals surface area (Å²) in [6, 6.07) is 0. The number of nitrogens with zero attached hydrogens (tertiary/aromatic N) is 1. The van der Waals surface area contributed by atoms with Crippen molar-refractivity contribution in [2.75, 3.05) is 19.6 Å². The van der Waals surface area contributed by atoms with Gasteiger partial charge in [-0.25, -0.2) is 4.79 Å². The largest absolute Gasteiger partial charge is 0.465 e. The van der Waals surface area contributed by atoms with Crippen LogP contribution < -0.4 is 5.32 Å². The van der Waals surface area contributed by atoms with E-state index in [1.807, 2.05) is 19.2 Å². The Bertz CT molecular complexity index is 376. The molecule has 2 fully saturated rings. The van der Waals surface area contributed by atoms with E-state index in [4.69, 9.17) is 5.11 Å². The van der Waals surface area contributed by atoms with Crippen LogP contribution in [-0.2, 0) is 4.79 Å². The first-order valence-corrected chi connectivity index (χ1v) is 6.24. The third-order valence-electron chi connectivity index (χ3n) is 3.25. The van der Waals surface area contributed by atoms with Crippen LogP contribution in [0.4, 0.5) is 4.79 Å². The second-order valence-corrected chi connectivity index (χ2v) is 4.49. The Morgan fingerprint density at radius 3 is 2.47 bits per heavy atom. The van der Waals surface area contributed by atoms with E-state index in [0.717, 1.165) is 32.5 Å². The van der Waals surface area contributed by atoms with E-state index >= 15 is 0 Å². The molecule has 19 heavy (non-hydrogen) atoms. The Hall–Kier alpha value is -1.54. The number of nitrogens with one attached hydrogen (secondary N) is 1. The number of fused-ring (bicyclic) bond motifs is 2. The van der Waals surface area contributed by atoms with Crippen LogP contribution in [-0.4, -0.2) is 41.6 Å². The molecule has 0 aliphatic carbocycles. The van der Waals surface area contributed by atoms with Gasteiger partial charge in [-0.15, -0.1) is 11.8 Å². The van der Waals surface area contributed by atoms with Crippen LogP contribution in [0.3, 0.4) is 0 Å². The second-order valence-electron chi connectivity index (χ2n) is 4.49. The zero-order valence-electron chi connectivity index (χ0n) is 10.9. The van der Waals surface area contributed by atoms with Crippen molar-refractivity contribution < 1.29 is 16.1 Å². The van der Waals surface area contributed by atoms with Crippen molar-refractivity contribution in [1.29, 1.82) is 0 Å². The highest BCUT2D eigenvalue weighted by molar-refractivity contribution is 5.92. The van der Waals surface area contributed by atoms with Crippen molar-refractivity contribution >= 4 is 12.0 Å². The van der Waals surface area contributed by atoms with Gasteiger partial charge >= 0.3 is 6.09 Å². The van der Waals surface area contributed by atoms with Gasteiger partial charge in [-0.2, -0.15) is 0 Å². The predicted molar refractivity (Wildman–Crippen MR) is 76.8 cm³/mol. The summed E-state index contributed by atoms with van der Waals surface area (Å²) in [5.74, 6) is 5.56. The molecule has 110 valence electrons. The average molecular weight is 270 g/mol. The van der Waals surface area contributed by atoms with Gasteiger partial charge in [-0.05, 0) is 25.8 Å². The van der Waals surface area contributed by atoms with E-state index in [0.29, 0.717) is 5.92 Å². The Morgan fingerprint density at radius 2 is 2.16 bits per heavy atom. The molecular formula is C14H26N2O3. The quantitative estimate of drug-likeness (QED) is 0.715. The van der Waals surface area contributed by atoms with Gasteiger partial charge in [0.25, 0.3) is 0 Å². The zero-order valence-corrected chi connectivity index (χ0v) is 10.9. The van der Waals surface area contributed by atoms with E-state index in [9.17, 15) is 9.59 Å². The molecule has 2 bridgehead atoms. The minimum Gasteiger partial charge on any atom is -0.465 e. The lowest BCUT2D eigenvalue weighted by atomic mass is 9.92. The van der Waals surface area contributed by atoms with Crippen molar-refractivity contribution in [2.45, 2.75) is 34.1 Å². The Balaban J connectivity index is 0. The van der Waals surface area contributed by atoms with Crippen LogP contribution in [0.5, 0.6) is 0 Å². The number of carbonyl (C=O) groups is 2. The lowest BCUT2D eigenvalue weighted by molar-refractivity contribution is -0.125. The van der Waals surface area contributed by atoms with Crippen molar-refractivity contribution in [2.24, 2.45) is 11.8 Å². The zero-order chi connectivity index (χ0) is 13.5. The topological polar surface area (TPSA) is 69.6 Å². The molecule has 2 rings (SSSR count). The van der Waals surface area contributed by atoms with Gasteiger partial charge in [0.15, 0.2) is 0 Å². The van der Waals surface area contributed by atoms with Crippen LogP contribution in [0.15, 0.2) is 0 Å². The molecule has 0 radical (unpaired) electrons. The van der Waals surface area contributed by atoms with Gasteiger partial charge in [0.1, 0.15) is 0 Å². The molecule has 0 aromatic rings. The van der Waals surface area contributed by atoms with Crippen LogP contribution >= 0.6 is 0 Å². The van der Waals surface area contributed by atoms with E-state index < -0.39 is 6.09 Å². The molecule has 0 spiro atoms. The molecule has 2 N–H and O–H groups in total. The van der Waals surface area contributed by atoms with E-state index in [2.05, 4.69) is 16.7 Å². The summed E-state index contributed by atoms with van der Waals surface area (Å²) in [4.78, 5) is 23.8. The van der Waals surface area contributed by atoms with Gasteiger partial charge in [0, 0.05) is 20.9 Å². The third-order valence-corrected chi connectivity index (χ3v) is 3.25. The Morgan fingerprint density at radius 1 is 1.47 bits per heavy atom. The molecule has 0 aromatic heterocycles. The molecule has 0 saturated carbocycles. The first-order valence-electron chi connectivity index (χ1n) is 6.24. The maximum atomic E-state index is 11.3. The number of carbonyl (C=O) groups excluding carboxylic acids is 1. The number of piperidine rings is 1. The molecule has 1 unspecified atom stereocenters. The van der Waals surface area contributed by atoms with Gasteiger partial charge in [-0.1, -0.05) is 14.4 Å². The lowest BCUT2D eigenvalue weighted by Crippen LogP contribution is -2.40. The lowest BCUT2D eigenvalue weighted by Gasteiger charge is -2.19. The summed E-state index contributed by atoms with van der Waals surface area (Å²) in [5.41, 5.74) is 0. The van der Waals surface area contributed by atoms with E-state index in [1.54, 1.807) is 0 Å². The summed E-state index contributed by atoms with van der Waals surface area (Å²) >= 11 is 0. The maximum Gasteiger partial charge on any atom is 0.411 e. The van der Waals surface area contributed by atoms with Gasteiger partial charge in [0.2, 0.25) is 5.91 Å². The van der Waals surface area contributed by atoms with Gasteiger partial charge < -0.3 is 10.0 Å². The normalized spacial score (nSPS) is 26.1. The van der Waals surface area contributed by atoms with Gasteiger partial charge in [0.05, 0.1) is 5.92 Å². The second kappa shape index (κ2) is 8.54. The summed E-state index contributed by atoms with van der Waals surface area (Å²) in [5, 5.41) is 10.3. The standard InChI is InChI=1S/C8H12N2O3.C5H8.CH4.H2/c11-7(9-8(12)13)6-4-10-2-1-5(6)3-10;1-3-5-4-2;;/h5-6H,1-4H2,(H,9,11)(H,12,13);3H2,1-2H3;1H4;1H/t5-,6+;;;/m1.../s1. The number of amides is 2. The molecular weight excluding hydrogens is 244 g/mol. The smallest absolute Gasteiger partial charge is 0.411 e. The summed E-state index contributed by atoms with van der Waals surface area (Å²) in [6.07, 6.45) is 0.761. The Labute approximate surface area is 116 Å². The summed E-state index contributed by atoms with van der Waals surface area (Å²) in [6.45, 7) is 6.63. The monoisotopic (exact) mass is 270 g/mol. The SMILES string of the molecule is C.CC#CCC.O=C(O)NC(=O)[C@H]1CN2CC[C@@H]1C2.[HH]. The van der Waals surface area contributed by atoms with Crippen LogP contribution in [0.25, 0.3) is 0 Å². The first-order chi connectivity index (χ1) is 8.58. The van der Waals surface area contributed by atoms with Crippen LogP contribution in [0.2, 0.25) is 0 Å². The highest BCUT2D eigenvalue weighted by Gasteiger charge is 2.42. The molecule has 0 aromatic carbocycles. The van der Waals surface area contributed by atoms with E-state index in [1.165, 1.54) is 0 Å². The number of hydrogen-bond donors (Lipinski definition) is 2. The fraction of sp³-hybridized carbons (Fsp3) is 0.714. The maximum absolute atomic E-state index is 11.3. The average Bonchev–Trinajstić information content (AvgIpc) is 2.91. The molecule has 5 nitrogen and oxygen atoms in total. The predicted octanol–water partition coefficient (Wildman–Crippen LogP) is 2.03. The minimum atomic E-state index is -1.25. The molecule has 3 atom stereocenters. The van der Waals surface area contributed by atoms with Gasteiger partial charge in [-0.3, -0.25) is 10.1 Å². The number of carboxylic acid groups (broad SMARTS) is 1.